The zero-order valence-corrected chi connectivity index (χ0v) is 22.8. The lowest BCUT2D eigenvalue weighted by atomic mass is 9.88. The Morgan fingerprint density at radius 3 is 2.54 bits per heavy atom. The lowest BCUT2D eigenvalue weighted by Gasteiger charge is -2.32. The van der Waals surface area contributed by atoms with Gasteiger partial charge in [-0.25, -0.2) is 4.39 Å². The molecule has 2 aliphatic heterocycles. The van der Waals surface area contributed by atoms with Crippen LogP contribution in [0.4, 0.5) is 17.6 Å². The third-order valence-electron chi connectivity index (χ3n) is 7.42. The summed E-state index contributed by atoms with van der Waals surface area (Å²) in [6.07, 6.45) is -3.04. The Kier molecular flexibility index (Phi) is 6.85. The molecule has 1 atom stereocenters. The smallest absolute Gasteiger partial charge is 0.444 e. The summed E-state index contributed by atoms with van der Waals surface area (Å²) in [5.41, 5.74) is 2.86. The van der Waals surface area contributed by atoms with Gasteiger partial charge in [-0.15, -0.1) is 5.10 Å². The number of rotatable bonds is 5. The van der Waals surface area contributed by atoms with E-state index in [0.717, 1.165) is 37.1 Å². The maximum absolute atomic E-state index is 14.7. The number of benzene rings is 2. The maximum atomic E-state index is 14.7. The van der Waals surface area contributed by atoms with Crippen LogP contribution in [0.15, 0.2) is 47.0 Å². The van der Waals surface area contributed by atoms with Gasteiger partial charge in [0.25, 0.3) is 5.79 Å². The van der Waals surface area contributed by atoms with Gasteiger partial charge in [0.1, 0.15) is 11.5 Å². The van der Waals surface area contributed by atoms with Crippen LogP contribution >= 0.6 is 11.6 Å². The average molecular weight is 590 g/mol. The maximum Gasteiger partial charge on any atom is 0.471 e. The Morgan fingerprint density at radius 1 is 1.07 bits per heavy atom. The third-order valence-corrected chi connectivity index (χ3v) is 7.65. The Labute approximate surface area is 237 Å². The molecule has 41 heavy (non-hydrogen) atoms. The number of hydrogen-bond acceptors (Lipinski definition) is 8. The molecule has 1 fully saturated rings. The van der Waals surface area contributed by atoms with E-state index >= 15 is 0 Å². The molecule has 0 spiro atoms. The van der Waals surface area contributed by atoms with Crippen molar-refractivity contribution in [1.82, 2.24) is 25.2 Å². The topological polar surface area (TPSA) is 86.4 Å². The van der Waals surface area contributed by atoms with Crippen molar-refractivity contribution < 1.29 is 31.6 Å². The van der Waals surface area contributed by atoms with Crippen LogP contribution in [0.3, 0.4) is 0 Å². The second-order valence-electron chi connectivity index (χ2n) is 10.3. The molecule has 0 radical (unpaired) electrons. The van der Waals surface area contributed by atoms with Crippen molar-refractivity contribution >= 4 is 11.6 Å². The molecule has 2 aromatic heterocycles. The Balaban J connectivity index is 1.12. The fourth-order valence-corrected chi connectivity index (χ4v) is 5.43. The molecule has 13 heteroatoms. The van der Waals surface area contributed by atoms with Crippen LogP contribution in [-0.2, 0) is 18.5 Å². The highest BCUT2D eigenvalue weighted by Crippen LogP contribution is 2.49. The summed E-state index contributed by atoms with van der Waals surface area (Å²) >= 11 is 5.93. The molecule has 2 aliphatic rings. The van der Waals surface area contributed by atoms with Crippen molar-refractivity contribution in [1.29, 1.82) is 0 Å². The molecule has 0 bridgehead atoms. The number of aryl methyl sites for hydroxylation is 1. The second kappa shape index (κ2) is 10.3. The number of halogens is 5. The van der Waals surface area contributed by atoms with Crippen molar-refractivity contribution in [3.8, 4) is 23.0 Å². The summed E-state index contributed by atoms with van der Waals surface area (Å²) in [7, 11) is 0. The standard InChI is InChI=1S/C28H24ClF4N5O3/c1-15-12-21(25-34-26(41-37-25)28(31,32)33)35-36-22(15)14-38-10-8-16(9-11-38)18-4-3-5-23-24(18)40-27(2,39-23)19-7-6-17(29)13-20(19)30/h3-7,12-13,16H,8-11,14H2,1-2H3/t27-/m0/s1. The zero-order valence-electron chi connectivity index (χ0n) is 22.0. The first kappa shape index (κ1) is 27.4. The van der Waals surface area contributed by atoms with E-state index in [4.69, 9.17) is 21.1 Å². The zero-order chi connectivity index (χ0) is 28.9. The Bertz CT molecular complexity index is 1610. The van der Waals surface area contributed by atoms with Crippen LogP contribution in [-0.4, -0.2) is 38.3 Å². The first-order valence-corrected chi connectivity index (χ1v) is 13.3. The normalized spacial score (nSPS) is 19.6. The molecular formula is C28H24ClF4N5O3. The third kappa shape index (κ3) is 5.33. The highest BCUT2D eigenvalue weighted by molar-refractivity contribution is 6.30. The van der Waals surface area contributed by atoms with E-state index in [1.165, 1.54) is 6.07 Å². The fourth-order valence-electron chi connectivity index (χ4n) is 5.27. The first-order valence-electron chi connectivity index (χ1n) is 12.9. The van der Waals surface area contributed by atoms with Gasteiger partial charge < -0.3 is 14.0 Å². The summed E-state index contributed by atoms with van der Waals surface area (Å²) in [6.45, 7) is 5.60. The van der Waals surface area contributed by atoms with Gasteiger partial charge in [-0.1, -0.05) is 28.9 Å². The van der Waals surface area contributed by atoms with Gasteiger partial charge in [0, 0.05) is 24.1 Å². The van der Waals surface area contributed by atoms with Gasteiger partial charge in [0.15, 0.2) is 11.5 Å². The van der Waals surface area contributed by atoms with E-state index < -0.39 is 23.7 Å². The Hall–Kier alpha value is -3.77. The number of alkyl halides is 3. The van der Waals surface area contributed by atoms with Crippen LogP contribution in [0.25, 0.3) is 11.5 Å². The molecule has 2 aromatic carbocycles. The van der Waals surface area contributed by atoms with E-state index in [0.29, 0.717) is 28.8 Å². The summed E-state index contributed by atoms with van der Waals surface area (Å²) in [5, 5.41) is 11.9. The molecule has 4 aromatic rings. The van der Waals surface area contributed by atoms with Crippen LogP contribution in [0.5, 0.6) is 11.5 Å². The van der Waals surface area contributed by atoms with Gasteiger partial charge in [0.2, 0.25) is 5.82 Å². The molecule has 0 unspecified atom stereocenters. The monoisotopic (exact) mass is 589 g/mol. The van der Waals surface area contributed by atoms with E-state index in [-0.39, 0.29) is 23.0 Å². The molecule has 1 saturated heterocycles. The lowest BCUT2D eigenvalue weighted by molar-refractivity contribution is -0.159. The molecule has 8 nitrogen and oxygen atoms in total. The predicted octanol–water partition coefficient (Wildman–Crippen LogP) is 6.67. The number of para-hydroxylation sites is 1. The molecular weight excluding hydrogens is 566 g/mol. The Morgan fingerprint density at radius 2 is 1.85 bits per heavy atom. The van der Waals surface area contributed by atoms with E-state index in [9.17, 15) is 17.6 Å². The molecule has 6 rings (SSSR count). The molecule has 0 amide bonds. The van der Waals surface area contributed by atoms with Crippen molar-refractivity contribution in [2.45, 2.75) is 51.1 Å². The number of ether oxygens (including phenoxy) is 2. The van der Waals surface area contributed by atoms with Crippen LogP contribution < -0.4 is 9.47 Å². The number of hydrogen-bond donors (Lipinski definition) is 0. The average Bonchev–Trinajstić information content (AvgIpc) is 3.55. The van der Waals surface area contributed by atoms with E-state index in [1.807, 2.05) is 25.1 Å². The van der Waals surface area contributed by atoms with E-state index in [1.54, 1.807) is 25.1 Å². The molecule has 0 aliphatic carbocycles. The van der Waals surface area contributed by atoms with Gasteiger partial charge in [-0.2, -0.15) is 23.3 Å². The van der Waals surface area contributed by atoms with Gasteiger partial charge in [-0.3, -0.25) is 4.90 Å². The number of likely N-dealkylation sites (tertiary alicyclic amines) is 1. The molecule has 214 valence electrons. The minimum absolute atomic E-state index is 0.106. The molecule has 4 heterocycles. The van der Waals surface area contributed by atoms with Crippen LogP contribution in [0.2, 0.25) is 5.02 Å². The number of fused-ring (bicyclic) bond motifs is 1. The minimum atomic E-state index is -4.73. The predicted molar refractivity (Wildman–Crippen MR) is 139 cm³/mol. The molecule has 0 saturated carbocycles. The van der Waals surface area contributed by atoms with Crippen molar-refractivity contribution in [3.63, 3.8) is 0 Å². The largest absolute Gasteiger partial charge is 0.471 e. The highest BCUT2D eigenvalue weighted by atomic mass is 35.5. The van der Waals surface area contributed by atoms with Gasteiger partial charge in [0.05, 0.1) is 11.3 Å². The van der Waals surface area contributed by atoms with Crippen LogP contribution in [0.1, 0.15) is 54.0 Å². The van der Waals surface area contributed by atoms with Crippen molar-refractivity contribution in [2.75, 3.05) is 13.1 Å². The summed E-state index contributed by atoms with van der Waals surface area (Å²) < 4.78 is 69.7. The lowest BCUT2D eigenvalue weighted by Crippen LogP contribution is -2.34. The van der Waals surface area contributed by atoms with Gasteiger partial charge in [-0.05, 0) is 74.7 Å². The summed E-state index contributed by atoms with van der Waals surface area (Å²) in [4.78, 5) is 5.62. The summed E-state index contributed by atoms with van der Waals surface area (Å²) in [6, 6.07) is 11.8. The number of piperidine rings is 1. The van der Waals surface area contributed by atoms with Gasteiger partial charge >= 0.3 is 12.1 Å². The quantitative estimate of drug-likeness (QED) is 0.239. The van der Waals surface area contributed by atoms with Crippen LogP contribution in [0, 0.1) is 12.7 Å². The SMILES string of the molecule is Cc1cc(-c2noc(C(F)(F)F)n2)nnc1CN1CCC(c2cccc3c2O[C@@](C)(c2ccc(Cl)cc2F)O3)CC1. The highest BCUT2D eigenvalue weighted by Gasteiger charge is 2.43. The van der Waals surface area contributed by atoms with Crippen molar-refractivity contribution in [2.24, 2.45) is 0 Å². The number of nitrogens with zero attached hydrogens (tertiary/aromatic N) is 5. The first-order chi connectivity index (χ1) is 19.5. The second-order valence-corrected chi connectivity index (χ2v) is 10.7. The number of aromatic nitrogens is 4. The fraction of sp³-hybridized carbons (Fsp3) is 0.357. The minimum Gasteiger partial charge on any atom is -0.444 e. The summed E-state index contributed by atoms with van der Waals surface area (Å²) in [5.74, 6) is -2.12. The van der Waals surface area contributed by atoms with Crippen molar-refractivity contribution in [3.05, 3.63) is 81.6 Å². The van der Waals surface area contributed by atoms with E-state index in [2.05, 4.69) is 29.8 Å². The molecule has 0 N–H and O–H groups in total.